The van der Waals surface area contributed by atoms with Gasteiger partial charge in [0.25, 0.3) is 11.5 Å². The fourth-order valence-corrected chi connectivity index (χ4v) is 1.77. The minimum absolute atomic E-state index is 0.179. The van der Waals surface area contributed by atoms with Gasteiger partial charge in [0.1, 0.15) is 5.69 Å². The number of amides is 1. The van der Waals surface area contributed by atoms with Crippen LogP contribution < -0.4 is 10.9 Å². The van der Waals surface area contributed by atoms with Crippen LogP contribution in [0.4, 0.5) is 5.69 Å². The van der Waals surface area contributed by atoms with Gasteiger partial charge in [-0.25, -0.2) is 5.10 Å². The number of aromatic amines is 1. The Bertz CT molecular complexity index is 627. The molecule has 5 heteroatoms. The topological polar surface area (TPSA) is 74.8 Å². The molecular weight excluding hydrogens is 242 g/mol. The summed E-state index contributed by atoms with van der Waals surface area (Å²) < 4.78 is 0. The number of carbonyl (C=O) groups is 1. The SMILES string of the molecule is CC(C)c1ccccc1NC(=O)c1ccc(=O)[nH]n1. The van der Waals surface area contributed by atoms with E-state index in [-0.39, 0.29) is 17.2 Å². The Labute approximate surface area is 110 Å². The molecule has 0 aliphatic rings. The van der Waals surface area contributed by atoms with E-state index in [0.717, 1.165) is 11.3 Å². The largest absolute Gasteiger partial charge is 0.320 e. The van der Waals surface area contributed by atoms with Crippen LogP contribution in [0.1, 0.15) is 35.8 Å². The number of aromatic nitrogens is 2. The van der Waals surface area contributed by atoms with Crippen LogP contribution in [0.25, 0.3) is 0 Å². The summed E-state index contributed by atoms with van der Waals surface area (Å²) in [6.45, 7) is 4.12. The fourth-order valence-electron chi connectivity index (χ4n) is 1.77. The van der Waals surface area contributed by atoms with Gasteiger partial charge in [-0.3, -0.25) is 9.59 Å². The van der Waals surface area contributed by atoms with Gasteiger partial charge in [0.05, 0.1) is 0 Å². The molecule has 98 valence electrons. The smallest absolute Gasteiger partial charge is 0.276 e. The molecule has 0 saturated heterocycles. The highest BCUT2D eigenvalue weighted by Crippen LogP contribution is 2.23. The maximum absolute atomic E-state index is 12.0. The summed E-state index contributed by atoms with van der Waals surface area (Å²) >= 11 is 0. The number of carbonyl (C=O) groups excluding carboxylic acids is 1. The maximum atomic E-state index is 12.0. The van der Waals surface area contributed by atoms with Gasteiger partial charge in [-0.05, 0) is 23.6 Å². The molecule has 2 N–H and O–H groups in total. The van der Waals surface area contributed by atoms with E-state index in [0.29, 0.717) is 5.92 Å². The molecule has 0 atom stereocenters. The van der Waals surface area contributed by atoms with Gasteiger partial charge in [0, 0.05) is 11.8 Å². The summed E-state index contributed by atoms with van der Waals surface area (Å²) in [5, 5.41) is 8.74. The Morgan fingerprint density at radius 2 is 1.95 bits per heavy atom. The van der Waals surface area contributed by atoms with Crippen LogP contribution in [-0.2, 0) is 0 Å². The zero-order valence-electron chi connectivity index (χ0n) is 10.8. The molecule has 2 rings (SSSR count). The van der Waals surface area contributed by atoms with Crippen LogP contribution in [0.3, 0.4) is 0 Å². The first kappa shape index (κ1) is 13.0. The van der Waals surface area contributed by atoms with Gasteiger partial charge < -0.3 is 5.32 Å². The van der Waals surface area contributed by atoms with E-state index < -0.39 is 0 Å². The molecule has 19 heavy (non-hydrogen) atoms. The van der Waals surface area contributed by atoms with Crippen molar-refractivity contribution in [2.75, 3.05) is 5.32 Å². The van der Waals surface area contributed by atoms with Crippen LogP contribution >= 0.6 is 0 Å². The molecule has 0 aliphatic carbocycles. The lowest BCUT2D eigenvalue weighted by Gasteiger charge is -2.13. The minimum Gasteiger partial charge on any atom is -0.320 e. The zero-order valence-corrected chi connectivity index (χ0v) is 10.8. The van der Waals surface area contributed by atoms with Crippen molar-refractivity contribution in [1.82, 2.24) is 10.2 Å². The first-order valence-electron chi connectivity index (χ1n) is 6.04. The van der Waals surface area contributed by atoms with Crippen molar-refractivity contribution < 1.29 is 4.79 Å². The number of benzene rings is 1. The lowest BCUT2D eigenvalue weighted by atomic mass is 10.0. The van der Waals surface area contributed by atoms with Gasteiger partial charge in [-0.15, -0.1) is 0 Å². The molecule has 0 spiro atoms. The number of H-pyrrole nitrogens is 1. The van der Waals surface area contributed by atoms with Gasteiger partial charge >= 0.3 is 0 Å². The monoisotopic (exact) mass is 257 g/mol. The zero-order chi connectivity index (χ0) is 13.8. The number of nitrogens with one attached hydrogen (secondary N) is 2. The van der Waals surface area contributed by atoms with Gasteiger partial charge in [0.15, 0.2) is 0 Å². The molecule has 0 saturated carbocycles. The summed E-state index contributed by atoms with van der Waals surface area (Å²) in [5.74, 6) is -0.0376. The van der Waals surface area contributed by atoms with Crippen LogP contribution in [0, 0.1) is 0 Å². The highest BCUT2D eigenvalue weighted by atomic mass is 16.2. The van der Waals surface area contributed by atoms with Crippen LogP contribution in [0.2, 0.25) is 0 Å². The number of nitrogens with zero attached hydrogens (tertiary/aromatic N) is 1. The molecule has 0 bridgehead atoms. The lowest BCUT2D eigenvalue weighted by molar-refractivity contribution is 0.102. The highest BCUT2D eigenvalue weighted by Gasteiger charge is 2.11. The van der Waals surface area contributed by atoms with Crippen molar-refractivity contribution in [3.05, 3.63) is 58.0 Å². The van der Waals surface area contributed by atoms with E-state index in [1.807, 2.05) is 24.3 Å². The van der Waals surface area contributed by atoms with E-state index in [9.17, 15) is 9.59 Å². The molecule has 0 aliphatic heterocycles. The van der Waals surface area contributed by atoms with Crippen molar-refractivity contribution in [2.45, 2.75) is 19.8 Å². The molecule has 2 aromatic rings. The fraction of sp³-hybridized carbons (Fsp3) is 0.214. The first-order chi connectivity index (χ1) is 9.08. The summed E-state index contributed by atoms with van der Waals surface area (Å²) in [5.41, 5.74) is 1.66. The first-order valence-corrected chi connectivity index (χ1v) is 6.04. The van der Waals surface area contributed by atoms with Crippen molar-refractivity contribution in [2.24, 2.45) is 0 Å². The Balaban J connectivity index is 2.24. The molecule has 0 fully saturated rings. The third kappa shape index (κ3) is 3.07. The highest BCUT2D eigenvalue weighted by molar-refractivity contribution is 6.03. The maximum Gasteiger partial charge on any atom is 0.276 e. The van der Waals surface area contributed by atoms with E-state index >= 15 is 0 Å². The van der Waals surface area contributed by atoms with Gasteiger partial charge in [-0.2, -0.15) is 5.10 Å². The number of rotatable bonds is 3. The van der Waals surface area contributed by atoms with Crippen molar-refractivity contribution in [3.8, 4) is 0 Å². The molecule has 1 amide bonds. The van der Waals surface area contributed by atoms with Gasteiger partial charge in [-0.1, -0.05) is 32.0 Å². The third-order valence-electron chi connectivity index (χ3n) is 2.74. The summed E-state index contributed by atoms with van der Waals surface area (Å²) in [4.78, 5) is 22.9. The summed E-state index contributed by atoms with van der Waals surface area (Å²) in [7, 11) is 0. The van der Waals surface area contributed by atoms with E-state index in [4.69, 9.17) is 0 Å². The lowest BCUT2D eigenvalue weighted by Crippen LogP contribution is -2.18. The van der Waals surface area contributed by atoms with Crippen molar-refractivity contribution in [1.29, 1.82) is 0 Å². The standard InChI is InChI=1S/C14H15N3O2/c1-9(2)10-5-3-4-6-11(10)15-14(19)12-7-8-13(18)17-16-12/h3-9H,1-2H3,(H,15,19)(H,17,18). The van der Waals surface area contributed by atoms with E-state index in [1.54, 1.807) is 0 Å². The van der Waals surface area contributed by atoms with Crippen LogP contribution in [-0.4, -0.2) is 16.1 Å². The molecule has 1 heterocycles. The second kappa shape index (κ2) is 5.48. The van der Waals surface area contributed by atoms with Crippen molar-refractivity contribution >= 4 is 11.6 Å². The van der Waals surface area contributed by atoms with E-state index in [2.05, 4.69) is 29.4 Å². The molecule has 0 unspecified atom stereocenters. The van der Waals surface area contributed by atoms with Crippen molar-refractivity contribution in [3.63, 3.8) is 0 Å². The Morgan fingerprint density at radius 3 is 2.58 bits per heavy atom. The molecule has 1 aromatic heterocycles. The average molecular weight is 257 g/mol. The number of para-hydroxylation sites is 1. The molecular formula is C14H15N3O2. The summed E-state index contributed by atoms with van der Waals surface area (Å²) in [6.07, 6.45) is 0. The quantitative estimate of drug-likeness (QED) is 0.884. The minimum atomic E-state index is -0.343. The summed E-state index contributed by atoms with van der Waals surface area (Å²) in [6, 6.07) is 10.3. The van der Waals surface area contributed by atoms with Crippen LogP contribution in [0.15, 0.2) is 41.2 Å². The second-order valence-corrected chi connectivity index (χ2v) is 4.50. The third-order valence-corrected chi connectivity index (χ3v) is 2.74. The number of hydrogen-bond donors (Lipinski definition) is 2. The Kier molecular flexibility index (Phi) is 3.75. The number of anilines is 1. The Hall–Kier alpha value is -2.43. The second-order valence-electron chi connectivity index (χ2n) is 4.50. The predicted molar refractivity (Wildman–Crippen MR) is 73.3 cm³/mol. The molecule has 5 nitrogen and oxygen atoms in total. The molecule has 1 aromatic carbocycles. The van der Waals surface area contributed by atoms with Crippen LogP contribution in [0.5, 0.6) is 0 Å². The molecule has 0 radical (unpaired) electrons. The average Bonchev–Trinajstić information content (AvgIpc) is 2.39. The number of hydrogen-bond acceptors (Lipinski definition) is 3. The van der Waals surface area contributed by atoms with E-state index in [1.165, 1.54) is 12.1 Å². The predicted octanol–water partition coefficient (Wildman–Crippen LogP) is 2.15. The normalized spacial score (nSPS) is 10.5. The Morgan fingerprint density at radius 1 is 1.21 bits per heavy atom. The van der Waals surface area contributed by atoms with Gasteiger partial charge in [0.2, 0.25) is 0 Å².